The number of methoxy groups -OCH3 is 1. The van der Waals surface area contributed by atoms with Gasteiger partial charge in [0.15, 0.2) is 0 Å². The molecule has 2 amide bonds. The summed E-state index contributed by atoms with van der Waals surface area (Å²) in [6.07, 6.45) is 2.18. The van der Waals surface area contributed by atoms with Crippen LogP contribution in [0.5, 0.6) is 5.75 Å². The van der Waals surface area contributed by atoms with E-state index >= 15 is 0 Å². The van der Waals surface area contributed by atoms with Gasteiger partial charge in [-0.2, -0.15) is 0 Å². The average Bonchev–Trinajstić information content (AvgIpc) is 2.96. The first-order valence-corrected chi connectivity index (χ1v) is 8.93. The van der Waals surface area contributed by atoms with E-state index < -0.39 is 0 Å². The van der Waals surface area contributed by atoms with Gasteiger partial charge in [0.25, 0.3) is 0 Å². The Labute approximate surface area is 148 Å². The van der Waals surface area contributed by atoms with Crippen LogP contribution in [0.25, 0.3) is 0 Å². The van der Waals surface area contributed by atoms with Crippen LogP contribution in [0.4, 0.5) is 0 Å². The van der Waals surface area contributed by atoms with Crippen LogP contribution in [0.3, 0.4) is 0 Å². The summed E-state index contributed by atoms with van der Waals surface area (Å²) in [7, 11) is 3.41. The molecule has 6 heteroatoms. The lowest BCUT2D eigenvalue weighted by molar-refractivity contribution is -0.138. The lowest BCUT2D eigenvalue weighted by atomic mass is 9.90. The van der Waals surface area contributed by atoms with E-state index in [2.05, 4.69) is 0 Å². The van der Waals surface area contributed by atoms with Gasteiger partial charge in [0.1, 0.15) is 5.75 Å². The maximum atomic E-state index is 13.1. The van der Waals surface area contributed by atoms with Crippen molar-refractivity contribution < 1.29 is 14.3 Å². The topological polar surface area (TPSA) is 75.9 Å². The summed E-state index contributed by atoms with van der Waals surface area (Å²) >= 11 is 0. The molecule has 2 N–H and O–H groups in total. The molecule has 6 nitrogen and oxygen atoms in total. The zero-order valence-electron chi connectivity index (χ0n) is 15.0. The number of benzene rings is 1. The van der Waals surface area contributed by atoms with Gasteiger partial charge in [0, 0.05) is 26.6 Å². The van der Waals surface area contributed by atoms with Gasteiger partial charge >= 0.3 is 0 Å². The molecule has 2 atom stereocenters. The van der Waals surface area contributed by atoms with Crippen LogP contribution in [0.1, 0.15) is 30.9 Å². The van der Waals surface area contributed by atoms with Gasteiger partial charge in [0.2, 0.25) is 11.8 Å². The molecule has 0 aromatic heterocycles. The molecule has 0 saturated carbocycles. The molecule has 0 aliphatic carbocycles. The Bertz CT molecular complexity index is 623. The van der Waals surface area contributed by atoms with Crippen LogP contribution in [0, 0.1) is 11.8 Å². The molecule has 2 heterocycles. The fourth-order valence-corrected chi connectivity index (χ4v) is 3.97. The Morgan fingerprint density at radius 1 is 1.24 bits per heavy atom. The molecule has 2 saturated heterocycles. The number of carbonyl (C=O) groups excluding carboxylic acids is 2. The number of hydrogen-bond donors (Lipinski definition) is 1. The van der Waals surface area contributed by atoms with Crippen LogP contribution in [0.15, 0.2) is 24.3 Å². The van der Waals surface area contributed by atoms with E-state index in [1.165, 1.54) is 0 Å². The SMILES string of the molecule is COc1ccc(C2C(C(=O)N3CCC(CN)CC3)CC(=O)N2C)cc1. The van der Waals surface area contributed by atoms with Crippen molar-refractivity contribution >= 4 is 11.8 Å². The maximum Gasteiger partial charge on any atom is 0.228 e. The Morgan fingerprint density at radius 2 is 1.88 bits per heavy atom. The van der Waals surface area contributed by atoms with Gasteiger partial charge in [-0.25, -0.2) is 0 Å². The summed E-state index contributed by atoms with van der Waals surface area (Å²) in [4.78, 5) is 29.0. The molecule has 0 bridgehead atoms. The highest BCUT2D eigenvalue weighted by molar-refractivity contribution is 5.90. The van der Waals surface area contributed by atoms with Gasteiger partial charge in [-0.05, 0) is 43.0 Å². The van der Waals surface area contributed by atoms with Crippen molar-refractivity contribution in [1.29, 1.82) is 0 Å². The van der Waals surface area contributed by atoms with E-state index in [0.29, 0.717) is 12.5 Å². The van der Waals surface area contributed by atoms with E-state index in [9.17, 15) is 9.59 Å². The third-order valence-corrected chi connectivity index (χ3v) is 5.62. The highest BCUT2D eigenvalue weighted by atomic mass is 16.5. The average molecular weight is 345 g/mol. The van der Waals surface area contributed by atoms with Crippen molar-refractivity contribution in [3.8, 4) is 5.75 Å². The second-order valence-electron chi connectivity index (χ2n) is 7.04. The normalized spacial score (nSPS) is 24.7. The third-order valence-electron chi connectivity index (χ3n) is 5.62. The number of rotatable bonds is 4. The van der Waals surface area contributed by atoms with Crippen molar-refractivity contribution in [3.63, 3.8) is 0 Å². The fraction of sp³-hybridized carbons (Fsp3) is 0.579. The number of likely N-dealkylation sites (tertiary alicyclic amines) is 2. The molecular weight excluding hydrogens is 318 g/mol. The van der Waals surface area contributed by atoms with Crippen molar-refractivity contribution in [2.45, 2.75) is 25.3 Å². The molecule has 0 spiro atoms. The minimum Gasteiger partial charge on any atom is -0.497 e. The predicted molar refractivity (Wildman–Crippen MR) is 95.0 cm³/mol. The largest absolute Gasteiger partial charge is 0.497 e. The van der Waals surface area contributed by atoms with E-state index in [-0.39, 0.29) is 30.2 Å². The maximum absolute atomic E-state index is 13.1. The summed E-state index contributed by atoms with van der Waals surface area (Å²) in [5.41, 5.74) is 6.72. The molecule has 25 heavy (non-hydrogen) atoms. The number of ether oxygens (including phenoxy) is 1. The summed E-state index contributed by atoms with van der Waals surface area (Å²) in [5, 5.41) is 0. The molecule has 136 valence electrons. The molecule has 2 unspecified atom stereocenters. The number of hydrogen-bond acceptors (Lipinski definition) is 4. The quantitative estimate of drug-likeness (QED) is 0.895. The smallest absolute Gasteiger partial charge is 0.228 e. The van der Waals surface area contributed by atoms with Gasteiger partial charge < -0.3 is 20.3 Å². The zero-order valence-corrected chi connectivity index (χ0v) is 15.0. The Balaban J connectivity index is 1.78. The summed E-state index contributed by atoms with van der Waals surface area (Å²) < 4.78 is 5.20. The number of piperidine rings is 1. The van der Waals surface area contributed by atoms with E-state index in [1.54, 1.807) is 19.1 Å². The molecule has 2 aliphatic heterocycles. The van der Waals surface area contributed by atoms with Crippen LogP contribution >= 0.6 is 0 Å². The third kappa shape index (κ3) is 3.49. The van der Waals surface area contributed by atoms with Crippen molar-refractivity contribution in [1.82, 2.24) is 9.80 Å². The Morgan fingerprint density at radius 3 is 2.44 bits per heavy atom. The van der Waals surface area contributed by atoms with Crippen LogP contribution in [-0.2, 0) is 9.59 Å². The predicted octanol–water partition coefficient (Wildman–Crippen LogP) is 1.41. The Kier molecular flexibility index (Phi) is 5.27. The molecule has 3 rings (SSSR count). The van der Waals surface area contributed by atoms with E-state index in [0.717, 1.165) is 37.2 Å². The lowest BCUT2D eigenvalue weighted by Crippen LogP contribution is -2.44. The first-order valence-electron chi connectivity index (χ1n) is 8.93. The Hall–Kier alpha value is -2.08. The molecule has 1 aromatic rings. The fourth-order valence-electron chi connectivity index (χ4n) is 3.97. The number of carbonyl (C=O) groups is 2. The number of nitrogens with zero attached hydrogens (tertiary/aromatic N) is 2. The molecular formula is C19H27N3O3. The van der Waals surface area contributed by atoms with Gasteiger partial charge in [-0.3, -0.25) is 9.59 Å². The second kappa shape index (κ2) is 7.44. The van der Waals surface area contributed by atoms with Gasteiger partial charge in [0.05, 0.1) is 19.1 Å². The standard InChI is InChI=1S/C19H27N3O3/c1-21-17(23)11-16(18(21)14-3-5-15(25-2)6-4-14)19(24)22-9-7-13(12-20)8-10-22/h3-6,13,16,18H,7-12,20H2,1-2H3. The summed E-state index contributed by atoms with van der Waals surface area (Å²) in [6.45, 7) is 2.16. The first kappa shape index (κ1) is 17.7. The summed E-state index contributed by atoms with van der Waals surface area (Å²) in [6, 6.07) is 7.43. The van der Waals surface area contributed by atoms with Gasteiger partial charge in [-0.1, -0.05) is 12.1 Å². The number of amides is 2. The highest BCUT2D eigenvalue weighted by Gasteiger charge is 2.44. The number of nitrogens with two attached hydrogens (primary N) is 1. The zero-order chi connectivity index (χ0) is 18.0. The summed E-state index contributed by atoms with van der Waals surface area (Å²) in [5.74, 6) is 1.07. The second-order valence-corrected chi connectivity index (χ2v) is 7.04. The molecule has 2 aliphatic rings. The molecule has 1 aromatic carbocycles. The van der Waals surface area contributed by atoms with Crippen molar-refractivity contribution in [3.05, 3.63) is 29.8 Å². The van der Waals surface area contributed by atoms with Crippen LogP contribution in [-0.4, -0.2) is 55.4 Å². The van der Waals surface area contributed by atoms with E-state index in [1.807, 2.05) is 29.2 Å². The monoisotopic (exact) mass is 345 g/mol. The minimum atomic E-state index is -0.319. The van der Waals surface area contributed by atoms with Crippen LogP contribution in [0.2, 0.25) is 0 Å². The van der Waals surface area contributed by atoms with Gasteiger partial charge in [-0.15, -0.1) is 0 Å². The van der Waals surface area contributed by atoms with E-state index in [4.69, 9.17) is 10.5 Å². The van der Waals surface area contributed by atoms with Crippen LogP contribution < -0.4 is 10.5 Å². The van der Waals surface area contributed by atoms with Crippen molar-refractivity contribution in [2.75, 3.05) is 33.8 Å². The highest BCUT2D eigenvalue weighted by Crippen LogP contribution is 2.39. The lowest BCUT2D eigenvalue weighted by Gasteiger charge is -2.34. The first-order chi connectivity index (χ1) is 12.0. The minimum absolute atomic E-state index is 0.0241. The van der Waals surface area contributed by atoms with Crippen molar-refractivity contribution in [2.24, 2.45) is 17.6 Å². The molecule has 2 fully saturated rings. The molecule has 0 radical (unpaired) electrons.